The Balaban J connectivity index is 1.80. The van der Waals surface area contributed by atoms with Gasteiger partial charge < -0.3 is 4.74 Å². The summed E-state index contributed by atoms with van der Waals surface area (Å²) in [6.45, 7) is 0. The fourth-order valence-electron chi connectivity index (χ4n) is 3.84. The van der Waals surface area contributed by atoms with Crippen molar-refractivity contribution in [3.05, 3.63) is 0 Å². The zero-order valence-electron chi connectivity index (χ0n) is 6.75. The highest BCUT2D eigenvalue weighted by molar-refractivity contribution is 5.16. The molecule has 1 nitrogen and oxygen atoms in total. The van der Waals surface area contributed by atoms with Crippen LogP contribution >= 0.6 is 0 Å². The van der Waals surface area contributed by atoms with Crippen molar-refractivity contribution in [3.63, 3.8) is 0 Å². The first-order valence-electron chi connectivity index (χ1n) is 5.05. The Morgan fingerprint density at radius 3 is 2.73 bits per heavy atom. The molecule has 4 saturated carbocycles. The molecule has 1 heteroatoms. The molecule has 5 rings (SSSR count). The molecule has 1 saturated heterocycles. The maximum atomic E-state index is 5.74. The van der Waals surface area contributed by atoms with Crippen LogP contribution in [0.25, 0.3) is 0 Å². The van der Waals surface area contributed by atoms with Gasteiger partial charge in [0.25, 0.3) is 0 Å². The van der Waals surface area contributed by atoms with Crippen LogP contribution < -0.4 is 0 Å². The number of hydrogen-bond donors (Lipinski definition) is 0. The number of fused-ring (bicyclic) bond motifs is 1. The quantitative estimate of drug-likeness (QED) is 0.481. The summed E-state index contributed by atoms with van der Waals surface area (Å²) >= 11 is 0. The monoisotopic (exact) mass is 150 g/mol. The number of hydrogen-bond acceptors (Lipinski definition) is 1. The predicted octanol–water partition coefficient (Wildman–Crippen LogP) is 1.96. The van der Waals surface area contributed by atoms with Crippen molar-refractivity contribution in [1.29, 1.82) is 0 Å². The van der Waals surface area contributed by atoms with Gasteiger partial charge in [0.2, 0.25) is 0 Å². The van der Waals surface area contributed by atoms with Gasteiger partial charge in [-0.1, -0.05) is 0 Å². The van der Waals surface area contributed by atoms with Crippen LogP contribution in [-0.2, 0) is 4.74 Å². The lowest BCUT2D eigenvalue weighted by atomic mass is 9.63. The van der Waals surface area contributed by atoms with Crippen LogP contribution in [0.2, 0.25) is 0 Å². The average Bonchev–Trinajstić information content (AvgIpc) is 2.84. The normalized spacial score (nSPS) is 61.1. The highest BCUT2D eigenvalue weighted by atomic mass is 16.6. The Morgan fingerprint density at radius 2 is 2.00 bits per heavy atom. The Morgan fingerprint density at radius 1 is 1.09 bits per heavy atom. The van der Waals surface area contributed by atoms with Crippen LogP contribution in [0.3, 0.4) is 0 Å². The summed E-state index contributed by atoms with van der Waals surface area (Å²) in [4.78, 5) is 0. The van der Waals surface area contributed by atoms with Gasteiger partial charge in [-0.15, -0.1) is 0 Å². The van der Waals surface area contributed by atoms with E-state index in [4.69, 9.17) is 4.74 Å². The molecule has 0 unspecified atom stereocenters. The molecule has 0 N–H and O–H groups in total. The van der Waals surface area contributed by atoms with E-state index < -0.39 is 0 Å². The van der Waals surface area contributed by atoms with Crippen LogP contribution in [-0.4, -0.2) is 12.2 Å². The summed E-state index contributed by atoms with van der Waals surface area (Å²) < 4.78 is 5.74. The molecule has 2 bridgehead atoms. The molecular formula is C10H14O. The van der Waals surface area contributed by atoms with E-state index in [1.54, 1.807) is 0 Å². The number of rotatable bonds is 0. The molecule has 0 aromatic heterocycles. The van der Waals surface area contributed by atoms with E-state index in [0.717, 1.165) is 29.5 Å². The molecule has 0 radical (unpaired) electrons. The summed E-state index contributed by atoms with van der Waals surface area (Å²) in [5, 5.41) is 0. The van der Waals surface area contributed by atoms with Crippen molar-refractivity contribution in [2.24, 2.45) is 17.3 Å². The van der Waals surface area contributed by atoms with Crippen molar-refractivity contribution in [3.8, 4) is 0 Å². The molecule has 1 aliphatic heterocycles. The average molecular weight is 150 g/mol. The molecule has 0 amide bonds. The Labute approximate surface area is 67.1 Å². The lowest BCUT2D eigenvalue weighted by Crippen LogP contribution is -2.39. The topological polar surface area (TPSA) is 12.5 Å². The smallest absolute Gasteiger partial charge is 0.0878 e. The minimum absolute atomic E-state index is 0.736. The van der Waals surface area contributed by atoms with E-state index in [-0.39, 0.29) is 0 Å². The number of ether oxygens (including phenoxy) is 1. The van der Waals surface area contributed by atoms with Crippen LogP contribution in [0.15, 0.2) is 0 Å². The lowest BCUT2D eigenvalue weighted by Gasteiger charge is -2.39. The van der Waals surface area contributed by atoms with Crippen molar-refractivity contribution in [1.82, 2.24) is 0 Å². The number of epoxide rings is 1. The minimum atomic E-state index is 0.736. The predicted molar refractivity (Wildman–Crippen MR) is 41.2 cm³/mol. The van der Waals surface area contributed by atoms with Gasteiger partial charge in [-0.2, -0.15) is 0 Å². The highest BCUT2D eigenvalue weighted by Gasteiger charge is 2.68. The maximum Gasteiger partial charge on any atom is 0.0878 e. The van der Waals surface area contributed by atoms with E-state index in [0.29, 0.717) is 0 Å². The van der Waals surface area contributed by atoms with Gasteiger partial charge in [0.1, 0.15) is 0 Å². The Kier molecular flexibility index (Phi) is 0.706. The Hall–Kier alpha value is -0.0400. The Bertz CT molecular complexity index is 219. The highest BCUT2D eigenvalue weighted by Crippen LogP contribution is 2.70. The molecule has 1 spiro atoms. The standard InChI is InChI=1S/C10H14O/c1-2-7-9-8(11-9)6(1)5-10(7)3-4-10/h6-9H,1-5H2/t6-,7-,8-,9+/m1/s1. The van der Waals surface area contributed by atoms with E-state index in [1.165, 1.54) is 32.1 Å². The fraction of sp³-hybridized carbons (Fsp3) is 1.00. The molecule has 11 heavy (non-hydrogen) atoms. The zero-order chi connectivity index (χ0) is 7.05. The second-order valence-electron chi connectivity index (χ2n) is 5.08. The van der Waals surface area contributed by atoms with Crippen molar-refractivity contribution >= 4 is 0 Å². The summed E-state index contributed by atoms with van der Waals surface area (Å²) in [6.07, 6.45) is 9.03. The van der Waals surface area contributed by atoms with E-state index in [2.05, 4.69) is 0 Å². The second-order valence-corrected chi connectivity index (χ2v) is 5.08. The lowest BCUT2D eigenvalue weighted by molar-refractivity contribution is 0.113. The second kappa shape index (κ2) is 1.39. The van der Waals surface area contributed by atoms with Crippen LogP contribution in [0.1, 0.15) is 32.1 Å². The van der Waals surface area contributed by atoms with Gasteiger partial charge in [0.05, 0.1) is 12.2 Å². The fourth-order valence-corrected chi connectivity index (χ4v) is 3.84. The van der Waals surface area contributed by atoms with Crippen LogP contribution in [0.4, 0.5) is 0 Å². The van der Waals surface area contributed by atoms with Gasteiger partial charge >= 0.3 is 0 Å². The molecule has 4 atom stereocenters. The van der Waals surface area contributed by atoms with Crippen molar-refractivity contribution < 1.29 is 4.74 Å². The molecular weight excluding hydrogens is 136 g/mol. The molecule has 5 aliphatic rings. The van der Waals surface area contributed by atoms with Gasteiger partial charge in [-0.05, 0) is 49.4 Å². The SMILES string of the molecule is C1C[C@@H]2[C@@H]3O[C@@H]3[C@H]1CC21CC1. The third-order valence-electron chi connectivity index (χ3n) is 4.62. The third kappa shape index (κ3) is 0.516. The van der Waals surface area contributed by atoms with Crippen LogP contribution in [0, 0.1) is 17.3 Å². The molecule has 60 valence electrons. The summed E-state index contributed by atoms with van der Waals surface area (Å²) in [5.74, 6) is 1.98. The molecule has 0 aromatic rings. The van der Waals surface area contributed by atoms with E-state index in [9.17, 15) is 0 Å². The third-order valence-corrected chi connectivity index (χ3v) is 4.62. The van der Waals surface area contributed by atoms with Crippen LogP contribution in [0.5, 0.6) is 0 Å². The van der Waals surface area contributed by atoms with Crippen molar-refractivity contribution in [2.75, 3.05) is 0 Å². The molecule has 5 fully saturated rings. The largest absolute Gasteiger partial charge is 0.369 e. The summed E-state index contributed by atoms with van der Waals surface area (Å²) in [5.41, 5.74) is 0.834. The van der Waals surface area contributed by atoms with Gasteiger partial charge in [0.15, 0.2) is 0 Å². The maximum absolute atomic E-state index is 5.74. The zero-order valence-corrected chi connectivity index (χ0v) is 6.75. The molecule has 4 aliphatic carbocycles. The van der Waals surface area contributed by atoms with Crippen molar-refractivity contribution in [2.45, 2.75) is 44.3 Å². The van der Waals surface area contributed by atoms with Gasteiger partial charge in [-0.3, -0.25) is 0 Å². The first kappa shape index (κ1) is 5.58. The van der Waals surface area contributed by atoms with Gasteiger partial charge in [-0.25, -0.2) is 0 Å². The van der Waals surface area contributed by atoms with E-state index in [1.807, 2.05) is 0 Å². The van der Waals surface area contributed by atoms with Gasteiger partial charge in [0, 0.05) is 0 Å². The summed E-state index contributed by atoms with van der Waals surface area (Å²) in [6, 6.07) is 0. The van der Waals surface area contributed by atoms with E-state index >= 15 is 0 Å². The first-order valence-corrected chi connectivity index (χ1v) is 5.05. The minimum Gasteiger partial charge on any atom is -0.369 e. The first-order chi connectivity index (χ1) is 5.39. The molecule has 0 aromatic carbocycles. The molecule has 1 heterocycles. The summed E-state index contributed by atoms with van der Waals surface area (Å²) in [7, 11) is 0.